The fraction of sp³-hybridized carbons (Fsp3) is 0.667. The average molecular weight is 256 g/mol. The molecular formula is C18H24O. The van der Waals surface area contributed by atoms with Gasteiger partial charge in [-0.1, -0.05) is 36.8 Å². The number of hydrogen-bond acceptors (Lipinski definition) is 1. The van der Waals surface area contributed by atoms with Crippen molar-refractivity contribution in [2.45, 2.75) is 50.5 Å². The first-order valence-electron chi connectivity index (χ1n) is 8.02. The molecule has 0 amide bonds. The summed E-state index contributed by atoms with van der Waals surface area (Å²) in [4.78, 5) is 0. The van der Waals surface area contributed by atoms with Gasteiger partial charge in [0.25, 0.3) is 0 Å². The number of hydrogen-bond donors (Lipinski definition) is 1. The lowest BCUT2D eigenvalue weighted by Crippen LogP contribution is -2.41. The van der Waals surface area contributed by atoms with Gasteiger partial charge in [0.2, 0.25) is 0 Å². The minimum Gasteiger partial charge on any atom is -0.390 e. The van der Waals surface area contributed by atoms with Crippen LogP contribution in [0.1, 0.15) is 44.1 Å². The number of rotatable bonds is 3. The minimum atomic E-state index is -0.341. The van der Waals surface area contributed by atoms with Crippen LogP contribution in [0, 0.1) is 23.7 Å². The van der Waals surface area contributed by atoms with Crippen molar-refractivity contribution in [1.82, 2.24) is 0 Å². The number of aliphatic hydroxyl groups is 1. The summed E-state index contributed by atoms with van der Waals surface area (Å²) >= 11 is 0. The van der Waals surface area contributed by atoms with Gasteiger partial charge >= 0.3 is 0 Å². The Hall–Kier alpha value is -0.820. The SMILES string of the molecule is OC1(CCc2ccccc2)CC2CC1C1CCCC21. The van der Waals surface area contributed by atoms with Crippen LogP contribution in [0.15, 0.2) is 30.3 Å². The molecule has 0 aliphatic heterocycles. The van der Waals surface area contributed by atoms with Crippen LogP contribution in [-0.4, -0.2) is 10.7 Å². The zero-order valence-electron chi connectivity index (χ0n) is 11.6. The molecule has 1 N–H and O–H groups in total. The summed E-state index contributed by atoms with van der Waals surface area (Å²) in [6, 6.07) is 10.7. The van der Waals surface area contributed by atoms with Gasteiger partial charge in [-0.2, -0.15) is 0 Å². The maximum absolute atomic E-state index is 11.1. The van der Waals surface area contributed by atoms with Crippen molar-refractivity contribution >= 4 is 0 Å². The number of aryl methyl sites for hydroxylation is 1. The second-order valence-corrected chi connectivity index (χ2v) is 7.15. The van der Waals surface area contributed by atoms with Gasteiger partial charge in [0, 0.05) is 0 Å². The molecule has 0 radical (unpaired) electrons. The third-order valence-electron chi connectivity index (χ3n) is 6.30. The van der Waals surface area contributed by atoms with Gasteiger partial charge in [0.15, 0.2) is 0 Å². The van der Waals surface area contributed by atoms with E-state index in [9.17, 15) is 5.11 Å². The Bertz CT molecular complexity index is 454. The van der Waals surface area contributed by atoms with Crippen molar-refractivity contribution in [3.05, 3.63) is 35.9 Å². The van der Waals surface area contributed by atoms with Crippen LogP contribution < -0.4 is 0 Å². The smallest absolute Gasteiger partial charge is 0.0684 e. The van der Waals surface area contributed by atoms with E-state index in [1.54, 1.807) is 0 Å². The highest BCUT2D eigenvalue weighted by atomic mass is 16.3. The Balaban J connectivity index is 1.47. The third-order valence-corrected chi connectivity index (χ3v) is 6.30. The van der Waals surface area contributed by atoms with Gasteiger partial charge in [-0.3, -0.25) is 0 Å². The molecule has 19 heavy (non-hydrogen) atoms. The Labute approximate surface area is 116 Å². The summed E-state index contributed by atoms with van der Waals surface area (Å²) in [5.41, 5.74) is 1.04. The van der Waals surface area contributed by atoms with Gasteiger partial charge in [0.1, 0.15) is 0 Å². The van der Waals surface area contributed by atoms with Crippen molar-refractivity contribution in [3.63, 3.8) is 0 Å². The first-order valence-corrected chi connectivity index (χ1v) is 8.02. The molecule has 3 fully saturated rings. The molecule has 0 aromatic heterocycles. The highest BCUT2D eigenvalue weighted by Gasteiger charge is 2.59. The van der Waals surface area contributed by atoms with Crippen LogP contribution in [0.25, 0.3) is 0 Å². The molecule has 5 unspecified atom stereocenters. The standard InChI is InChI=1S/C18H24O/c19-18(10-9-13-5-2-1-3-6-13)12-14-11-17(18)16-8-4-7-15(14)16/h1-3,5-6,14-17,19H,4,7-12H2. The normalized spacial score (nSPS) is 43.6. The molecular weight excluding hydrogens is 232 g/mol. The monoisotopic (exact) mass is 256 g/mol. The van der Waals surface area contributed by atoms with E-state index in [0.717, 1.165) is 37.0 Å². The predicted molar refractivity (Wildman–Crippen MR) is 76.8 cm³/mol. The van der Waals surface area contributed by atoms with Crippen LogP contribution in [-0.2, 0) is 6.42 Å². The van der Waals surface area contributed by atoms with Gasteiger partial charge in [-0.25, -0.2) is 0 Å². The molecule has 0 saturated heterocycles. The molecule has 3 aliphatic carbocycles. The fourth-order valence-electron chi connectivity index (χ4n) is 5.53. The molecule has 5 atom stereocenters. The second kappa shape index (κ2) is 4.34. The minimum absolute atomic E-state index is 0.341. The van der Waals surface area contributed by atoms with Gasteiger partial charge in [-0.05, 0) is 67.8 Å². The van der Waals surface area contributed by atoms with Crippen molar-refractivity contribution < 1.29 is 5.11 Å². The molecule has 1 aromatic rings. The lowest BCUT2D eigenvalue weighted by atomic mass is 9.71. The van der Waals surface area contributed by atoms with E-state index in [0.29, 0.717) is 5.92 Å². The number of benzene rings is 1. The van der Waals surface area contributed by atoms with Crippen molar-refractivity contribution in [2.24, 2.45) is 23.7 Å². The van der Waals surface area contributed by atoms with E-state index in [4.69, 9.17) is 0 Å². The van der Waals surface area contributed by atoms with E-state index in [1.165, 1.54) is 31.2 Å². The molecule has 1 heteroatoms. The highest BCUT2D eigenvalue weighted by molar-refractivity contribution is 5.17. The van der Waals surface area contributed by atoms with Crippen LogP contribution >= 0.6 is 0 Å². The summed E-state index contributed by atoms with van der Waals surface area (Å²) in [6.45, 7) is 0. The highest BCUT2D eigenvalue weighted by Crippen LogP contribution is 2.63. The maximum Gasteiger partial charge on any atom is 0.0684 e. The lowest BCUT2D eigenvalue weighted by molar-refractivity contribution is -0.0516. The lowest BCUT2D eigenvalue weighted by Gasteiger charge is -2.39. The summed E-state index contributed by atoms with van der Waals surface area (Å²) in [6.07, 6.45) is 8.67. The molecule has 2 bridgehead atoms. The first-order chi connectivity index (χ1) is 9.26. The third kappa shape index (κ3) is 1.86. The molecule has 0 spiro atoms. The second-order valence-electron chi connectivity index (χ2n) is 7.15. The van der Waals surface area contributed by atoms with E-state index in [2.05, 4.69) is 30.3 Å². The molecule has 3 aliphatic rings. The van der Waals surface area contributed by atoms with Gasteiger partial charge in [0.05, 0.1) is 5.60 Å². The van der Waals surface area contributed by atoms with Gasteiger partial charge < -0.3 is 5.11 Å². The first kappa shape index (κ1) is 12.0. The van der Waals surface area contributed by atoms with Crippen molar-refractivity contribution in [1.29, 1.82) is 0 Å². The van der Waals surface area contributed by atoms with Crippen LogP contribution in [0.5, 0.6) is 0 Å². The zero-order valence-corrected chi connectivity index (χ0v) is 11.6. The van der Waals surface area contributed by atoms with Crippen molar-refractivity contribution in [3.8, 4) is 0 Å². The predicted octanol–water partition coefficient (Wildman–Crippen LogP) is 3.81. The Kier molecular flexibility index (Phi) is 2.73. The van der Waals surface area contributed by atoms with E-state index < -0.39 is 0 Å². The quantitative estimate of drug-likeness (QED) is 0.872. The van der Waals surface area contributed by atoms with E-state index in [-0.39, 0.29) is 5.60 Å². The maximum atomic E-state index is 11.1. The molecule has 1 nitrogen and oxygen atoms in total. The summed E-state index contributed by atoms with van der Waals surface area (Å²) in [5.74, 6) is 3.30. The van der Waals surface area contributed by atoms with Crippen LogP contribution in [0.4, 0.5) is 0 Å². The van der Waals surface area contributed by atoms with Gasteiger partial charge in [-0.15, -0.1) is 0 Å². The largest absolute Gasteiger partial charge is 0.390 e. The molecule has 102 valence electrons. The Morgan fingerprint density at radius 3 is 2.74 bits per heavy atom. The summed E-state index contributed by atoms with van der Waals surface area (Å²) in [7, 11) is 0. The van der Waals surface area contributed by atoms with E-state index in [1.807, 2.05) is 0 Å². The molecule has 4 rings (SSSR count). The number of fused-ring (bicyclic) bond motifs is 5. The van der Waals surface area contributed by atoms with Crippen LogP contribution in [0.3, 0.4) is 0 Å². The Morgan fingerprint density at radius 1 is 1.11 bits per heavy atom. The summed E-state index contributed by atoms with van der Waals surface area (Å²) < 4.78 is 0. The topological polar surface area (TPSA) is 20.2 Å². The average Bonchev–Trinajstić information content (AvgIpc) is 3.09. The van der Waals surface area contributed by atoms with E-state index >= 15 is 0 Å². The fourth-order valence-corrected chi connectivity index (χ4v) is 5.53. The summed E-state index contributed by atoms with van der Waals surface area (Å²) in [5, 5.41) is 11.1. The molecule has 0 heterocycles. The molecule has 3 saturated carbocycles. The Morgan fingerprint density at radius 2 is 1.89 bits per heavy atom. The van der Waals surface area contributed by atoms with Crippen molar-refractivity contribution in [2.75, 3.05) is 0 Å². The van der Waals surface area contributed by atoms with Crippen LogP contribution in [0.2, 0.25) is 0 Å². The molecule has 1 aromatic carbocycles. The zero-order chi connectivity index (χ0) is 12.9.